The van der Waals surface area contributed by atoms with Crippen molar-refractivity contribution in [2.75, 3.05) is 11.1 Å². The fourth-order valence-corrected chi connectivity index (χ4v) is 2.66. The van der Waals surface area contributed by atoms with Crippen LogP contribution in [0.25, 0.3) is 6.08 Å². The summed E-state index contributed by atoms with van der Waals surface area (Å²) < 4.78 is 0. The second-order valence-electron chi connectivity index (χ2n) is 6.88. The van der Waals surface area contributed by atoms with Gasteiger partial charge < -0.3 is 27.6 Å². The fourth-order valence-electron chi connectivity index (χ4n) is 2.39. The molecule has 2 aromatic carbocycles. The zero-order chi connectivity index (χ0) is 24.8. The van der Waals surface area contributed by atoms with Crippen LogP contribution in [0.5, 0.6) is 0 Å². The number of rotatable bonds is 8. The fraction of sp³-hybridized carbons (Fsp3) is 0.200. The average molecular weight is 467 g/mol. The molecule has 0 spiro atoms. The minimum Gasteiger partial charge on any atom is -0.398 e. The second kappa shape index (κ2) is 14.4. The molecule has 0 aromatic heterocycles. The monoisotopic (exact) mass is 466 g/mol. The summed E-state index contributed by atoms with van der Waals surface area (Å²) in [6, 6.07) is 10.4. The maximum atomic E-state index is 12.0. The lowest BCUT2D eigenvalue weighted by Gasteiger charge is -2.06. The first-order valence-corrected chi connectivity index (χ1v) is 10.9. The molecule has 0 unspecified atom stereocenters. The summed E-state index contributed by atoms with van der Waals surface area (Å²) in [4.78, 5) is 16.3. The quantitative estimate of drug-likeness (QED) is 0.142. The van der Waals surface area contributed by atoms with Gasteiger partial charge >= 0.3 is 0 Å². The van der Waals surface area contributed by atoms with E-state index in [1.807, 2.05) is 6.07 Å². The van der Waals surface area contributed by atoms with E-state index in [-0.39, 0.29) is 22.3 Å². The third-order valence-electron chi connectivity index (χ3n) is 4.41. The molecule has 2 rings (SSSR count). The molecule has 0 aliphatic carbocycles. The van der Waals surface area contributed by atoms with Crippen LogP contribution in [0.2, 0.25) is 5.02 Å². The standard InChI is InChI=1S/C21H21ClN6O.C4H10/c1-2-14(11-23)21(29)27-15-5-3-4-13(10-15)6-9-19(26)28-18-8-7-17(25)16(12-24)20(18)22;1-3-4-2/h2-12,23-24H,25H2,1H3,(H2,26,28)(H,27,29);3-4H2,1-2H3/b9-6+,14-2+,23-11?,24-12?;. The highest BCUT2D eigenvalue weighted by atomic mass is 35.5. The maximum Gasteiger partial charge on any atom is 0.256 e. The largest absolute Gasteiger partial charge is 0.398 e. The van der Waals surface area contributed by atoms with E-state index < -0.39 is 0 Å². The Morgan fingerprint density at radius 3 is 2.45 bits per heavy atom. The van der Waals surface area contributed by atoms with Gasteiger partial charge in [-0.2, -0.15) is 0 Å². The predicted molar refractivity (Wildman–Crippen MR) is 142 cm³/mol. The number of anilines is 2. The Balaban J connectivity index is 0.00000125. The molecule has 174 valence electrons. The average Bonchev–Trinajstić information content (AvgIpc) is 2.81. The van der Waals surface area contributed by atoms with E-state index in [1.165, 1.54) is 12.8 Å². The molecule has 0 radical (unpaired) electrons. The molecule has 0 bridgehead atoms. The lowest BCUT2D eigenvalue weighted by atomic mass is 10.1. The zero-order valence-electron chi connectivity index (χ0n) is 19.2. The number of amidine groups is 1. The Morgan fingerprint density at radius 2 is 1.88 bits per heavy atom. The zero-order valence-corrected chi connectivity index (χ0v) is 19.9. The highest BCUT2D eigenvalue weighted by Gasteiger charge is 2.08. The molecule has 0 aliphatic rings. The number of hydrogen-bond donors (Lipinski definition) is 5. The van der Waals surface area contributed by atoms with E-state index in [0.717, 1.165) is 18.0 Å². The van der Waals surface area contributed by atoms with Gasteiger partial charge in [0.15, 0.2) is 0 Å². The molecule has 0 heterocycles. The van der Waals surface area contributed by atoms with E-state index in [4.69, 9.17) is 33.9 Å². The molecule has 7 N–H and O–H groups in total. The van der Waals surface area contributed by atoms with Crippen molar-refractivity contribution in [3.63, 3.8) is 0 Å². The first-order chi connectivity index (χ1) is 15.8. The number of allylic oxidation sites excluding steroid dienone is 1. The number of nitrogen functional groups attached to an aromatic ring is 1. The van der Waals surface area contributed by atoms with E-state index in [9.17, 15) is 4.79 Å². The number of aliphatic imine (C=N–C) groups is 1. The summed E-state index contributed by atoms with van der Waals surface area (Å²) in [5, 5.41) is 17.6. The van der Waals surface area contributed by atoms with Crippen molar-refractivity contribution in [3.05, 3.63) is 70.3 Å². The van der Waals surface area contributed by atoms with Crippen LogP contribution in [0.3, 0.4) is 0 Å². The molecule has 0 saturated heterocycles. The molecule has 0 atom stereocenters. The first kappa shape index (κ1) is 27.3. The Labute approximate surface area is 200 Å². The van der Waals surface area contributed by atoms with Crippen LogP contribution in [-0.2, 0) is 4.79 Å². The van der Waals surface area contributed by atoms with Crippen LogP contribution < -0.4 is 16.8 Å². The molecule has 1 amide bonds. The van der Waals surface area contributed by atoms with Gasteiger partial charge in [0, 0.05) is 29.4 Å². The maximum absolute atomic E-state index is 12.0. The molecule has 0 fully saturated rings. The predicted octanol–water partition coefficient (Wildman–Crippen LogP) is 5.96. The summed E-state index contributed by atoms with van der Waals surface area (Å²) in [6.07, 6.45) is 9.62. The van der Waals surface area contributed by atoms with Gasteiger partial charge in [0.1, 0.15) is 5.84 Å². The first-order valence-electron chi connectivity index (χ1n) is 10.5. The van der Waals surface area contributed by atoms with Gasteiger partial charge in [0.05, 0.1) is 16.3 Å². The third-order valence-corrected chi connectivity index (χ3v) is 4.80. The number of nitrogens with two attached hydrogens (primary N) is 2. The number of carbonyl (C=O) groups is 1. The minimum absolute atomic E-state index is 0.210. The van der Waals surface area contributed by atoms with Gasteiger partial charge in [-0.05, 0) is 42.8 Å². The Kier molecular flexibility index (Phi) is 11.9. The molecule has 8 heteroatoms. The normalized spacial score (nSPS) is 11.5. The molecule has 0 aliphatic heterocycles. The highest BCUT2D eigenvalue weighted by molar-refractivity contribution is 6.36. The number of hydrogen-bond acceptors (Lipinski definition) is 5. The Morgan fingerprint density at radius 1 is 1.18 bits per heavy atom. The minimum atomic E-state index is -0.357. The van der Waals surface area contributed by atoms with Gasteiger partial charge in [0.2, 0.25) is 0 Å². The third kappa shape index (κ3) is 8.74. The van der Waals surface area contributed by atoms with E-state index in [2.05, 4.69) is 24.2 Å². The number of carbonyl (C=O) groups excluding carboxylic acids is 1. The molecule has 7 nitrogen and oxygen atoms in total. The number of halogens is 1. The molecule has 2 aromatic rings. The van der Waals surface area contributed by atoms with Crippen molar-refractivity contribution in [2.24, 2.45) is 10.7 Å². The van der Waals surface area contributed by atoms with Gasteiger partial charge in [-0.15, -0.1) is 0 Å². The van der Waals surface area contributed by atoms with Gasteiger partial charge in [-0.3, -0.25) is 4.79 Å². The summed E-state index contributed by atoms with van der Waals surface area (Å²) in [6.45, 7) is 6.06. The Bertz CT molecular complexity index is 1070. The van der Waals surface area contributed by atoms with Crippen molar-refractivity contribution in [2.45, 2.75) is 33.6 Å². The lowest BCUT2D eigenvalue weighted by Crippen LogP contribution is -2.14. The van der Waals surface area contributed by atoms with E-state index >= 15 is 0 Å². The number of benzene rings is 2. The van der Waals surface area contributed by atoms with Crippen molar-refractivity contribution >= 4 is 58.9 Å². The number of nitrogens with zero attached hydrogens (tertiary/aromatic N) is 1. The molecule has 33 heavy (non-hydrogen) atoms. The number of nitrogens with one attached hydrogen (secondary N) is 3. The number of unbranched alkanes of at least 4 members (excludes halogenated alkanes) is 1. The van der Waals surface area contributed by atoms with Gasteiger partial charge in [-0.25, -0.2) is 4.99 Å². The van der Waals surface area contributed by atoms with Crippen LogP contribution in [0, 0.1) is 10.8 Å². The summed E-state index contributed by atoms with van der Waals surface area (Å²) in [7, 11) is 0. The highest BCUT2D eigenvalue weighted by Crippen LogP contribution is 2.31. The van der Waals surface area contributed by atoms with Crippen LogP contribution >= 0.6 is 11.6 Å². The van der Waals surface area contributed by atoms with Gasteiger partial charge in [0.25, 0.3) is 5.91 Å². The van der Waals surface area contributed by atoms with Crippen LogP contribution in [0.15, 0.2) is 59.1 Å². The molecular weight excluding hydrogens is 436 g/mol. The van der Waals surface area contributed by atoms with Crippen LogP contribution in [0.4, 0.5) is 17.1 Å². The van der Waals surface area contributed by atoms with Crippen molar-refractivity contribution in [3.8, 4) is 0 Å². The van der Waals surface area contributed by atoms with Crippen LogP contribution in [0.1, 0.15) is 44.7 Å². The molecular formula is C25H31ClN6O. The Hall–Kier alpha value is -3.71. The van der Waals surface area contributed by atoms with Crippen molar-refractivity contribution in [1.82, 2.24) is 0 Å². The van der Waals surface area contributed by atoms with E-state index in [0.29, 0.717) is 22.6 Å². The van der Waals surface area contributed by atoms with Crippen molar-refractivity contribution in [1.29, 1.82) is 10.8 Å². The van der Waals surface area contributed by atoms with Crippen molar-refractivity contribution < 1.29 is 4.79 Å². The topological polar surface area (TPSA) is 141 Å². The summed E-state index contributed by atoms with van der Waals surface area (Å²) in [5.74, 6) is -0.147. The molecule has 0 saturated carbocycles. The SMILES string of the molecule is C/C=C(\C=N)C(=O)Nc1cccc(/C=C/C(N)=Nc2ccc(N)c(C=N)c2Cl)c1.CCCC. The van der Waals surface area contributed by atoms with Crippen LogP contribution in [-0.4, -0.2) is 24.2 Å². The smallest absolute Gasteiger partial charge is 0.256 e. The number of amides is 1. The van der Waals surface area contributed by atoms with E-state index in [1.54, 1.807) is 55.5 Å². The lowest BCUT2D eigenvalue weighted by molar-refractivity contribution is -0.112. The second-order valence-corrected chi connectivity index (χ2v) is 7.26. The summed E-state index contributed by atoms with van der Waals surface area (Å²) in [5.41, 5.74) is 14.6. The van der Waals surface area contributed by atoms with Gasteiger partial charge in [-0.1, -0.05) is 62.6 Å². The summed E-state index contributed by atoms with van der Waals surface area (Å²) >= 11 is 6.22.